The number of amides is 1. The Kier molecular flexibility index (Phi) is 4.26. The van der Waals surface area contributed by atoms with Gasteiger partial charge in [-0.3, -0.25) is 4.79 Å². The summed E-state index contributed by atoms with van der Waals surface area (Å²) in [5, 5.41) is 8.94. The molecular weight excluding hydrogens is 362 g/mol. The van der Waals surface area contributed by atoms with E-state index in [1.807, 2.05) is 19.1 Å². The van der Waals surface area contributed by atoms with Gasteiger partial charge in [0.1, 0.15) is 6.26 Å². The Balaban J connectivity index is 1.86. The fraction of sp³-hybridized carbons (Fsp3) is 0.294. The first-order valence-electron chi connectivity index (χ1n) is 7.36. The summed E-state index contributed by atoms with van der Waals surface area (Å²) in [6, 6.07) is 7.35. The minimum atomic E-state index is -1.10. The topological polar surface area (TPSA) is 70.8 Å². The molecule has 5 nitrogen and oxygen atoms in total. The van der Waals surface area contributed by atoms with Crippen LogP contribution in [0.5, 0.6) is 0 Å². The zero-order chi connectivity index (χ0) is 16.6. The quantitative estimate of drug-likeness (QED) is 0.876. The maximum atomic E-state index is 12.6. The molecule has 1 aliphatic rings. The highest BCUT2D eigenvalue weighted by Gasteiger charge is 2.32. The highest BCUT2D eigenvalue weighted by Crippen LogP contribution is 2.34. The van der Waals surface area contributed by atoms with Gasteiger partial charge >= 0.3 is 5.97 Å². The third-order valence-electron chi connectivity index (χ3n) is 4.14. The van der Waals surface area contributed by atoms with Gasteiger partial charge in [0, 0.05) is 17.1 Å². The normalized spacial score (nSPS) is 17.5. The minimum absolute atomic E-state index is 0.00678. The Bertz CT molecular complexity index is 768. The van der Waals surface area contributed by atoms with Crippen LogP contribution in [0.2, 0.25) is 0 Å². The van der Waals surface area contributed by atoms with Crippen molar-refractivity contribution in [3.8, 4) is 0 Å². The van der Waals surface area contributed by atoms with E-state index in [4.69, 9.17) is 9.52 Å². The van der Waals surface area contributed by atoms with E-state index in [1.165, 1.54) is 6.07 Å². The molecule has 3 rings (SSSR count). The van der Waals surface area contributed by atoms with Crippen LogP contribution in [-0.4, -0.2) is 28.4 Å². The molecule has 1 amide bonds. The summed E-state index contributed by atoms with van der Waals surface area (Å²) < 4.78 is 6.18. The van der Waals surface area contributed by atoms with E-state index in [2.05, 4.69) is 22.0 Å². The molecule has 2 heterocycles. The van der Waals surface area contributed by atoms with Crippen molar-refractivity contribution in [1.82, 2.24) is 4.90 Å². The number of benzene rings is 1. The maximum Gasteiger partial charge on any atom is 0.338 e. The van der Waals surface area contributed by atoms with E-state index in [0.717, 1.165) is 34.7 Å². The van der Waals surface area contributed by atoms with Gasteiger partial charge in [0.05, 0.1) is 11.6 Å². The van der Waals surface area contributed by atoms with Gasteiger partial charge in [0.2, 0.25) is 0 Å². The Labute approximate surface area is 142 Å². The number of furan rings is 1. The largest absolute Gasteiger partial charge is 0.478 e. The van der Waals surface area contributed by atoms with Gasteiger partial charge < -0.3 is 14.4 Å². The number of carboxylic acid groups (broad SMARTS) is 1. The average Bonchev–Trinajstić information content (AvgIpc) is 3.18. The molecule has 6 heteroatoms. The summed E-state index contributed by atoms with van der Waals surface area (Å²) in [7, 11) is 0. The van der Waals surface area contributed by atoms with E-state index >= 15 is 0 Å². The second kappa shape index (κ2) is 6.20. The molecule has 1 saturated heterocycles. The molecule has 2 aromatic rings. The Morgan fingerprint density at radius 2 is 2.13 bits per heavy atom. The number of hydrogen-bond acceptors (Lipinski definition) is 3. The predicted octanol–water partition coefficient (Wildman–Crippen LogP) is 4.03. The molecule has 1 atom stereocenters. The molecule has 1 aliphatic heterocycles. The van der Waals surface area contributed by atoms with Gasteiger partial charge in [0.15, 0.2) is 5.76 Å². The van der Waals surface area contributed by atoms with Crippen molar-refractivity contribution >= 4 is 27.8 Å². The number of rotatable bonds is 3. The molecule has 120 valence electrons. The van der Waals surface area contributed by atoms with E-state index in [0.29, 0.717) is 6.54 Å². The van der Waals surface area contributed by atoms with Crippen LogP contribution in [0, 0.1) is 6.92 Å². The second-order valence-corrected chi connectivity index (χ2v) is 6.52. The molecule has 1 unspecified atom stereocenters. The SMILES string of the molecule is Cc1cc(C2CCCN2C(=O)c2cc(C(=O)O)co2)ccc1Br. The summed E-state index contributed by atoms with van der Waals surface area (Å²) in [5.41, 5.74) is 2.19. The van der Waals surface area contributed by atoms with Crippen molar-refractivity contribution in [2.24, 2.45) is 0 Å². The van der Waals surface area contributed by atoms with Crippen LogP contribution in [0.4, 0.5) is 0 Å². The number of aryl methyl sites for hydroxylation is 1. The molecule has 0 aliphatic carbocycles. The lowest BCUT2D eigenvalue weighted by atomic mass is 10.0. The molecule has 1 fully saturated rings. The first-order chi connectivity index (χ1) is 11.0. The van der Waals surface area contributed by atoms with Crippen molar-refractivity contribution in [2.75, 3.05) is 6.54 Å². The van der Waals surface area contributed by atoms with Gasteiger partial charge in [-0.05, 0) is 37.0 Å². The lowest BCUT2D eigenvalue weighted by Gasteiger charge is -2.24. The van der Waals surface area contributed by atoms with Crippen LogP contribution in [0.15, 0.2) is 39.4 Å². The van der Waals surface area contributed by atoms with Crippen molar-refractivity contribution in [1.29, 1.82) is 0 Å². The monoisotopic (exact) mass is 377 g/mol. The molecule has 0 bridgehead atoms. The number of likely N-dealkylation sites (tertiary alicyclic amines) is 1. The molecule has 1 aromatic carbocycles. The second-order valence-electron chi connectivity index (χ2n) is 5.67. The Hall–Kier alpha value is -2.08. The summed E-state index contributed by atoms with van der Waals surface area (Å²) >= 11 is 3.48. The van der Waals surface area contributed by atoms with E-state index < -0.39 is 5.97 Å². The van der Waals surface area contributed by atoms with Crippen molar-refractivity contribution in [3.63, 3.8) is 0 Å². The highest BCUT2D eigenvalue weighted by molar-refractivity contribution is 9.10. The molecule has 1 aromatic heterocycles. The van der Waals surface area contributed by atoms with Gasteiger partial charge in [-0.25, -0.2) is 4.79 Å². The molecular formula is C17H16BrNO4. The van der Waals surface area contributed by atoms with Crippen LogP contribution < -0.4 is 0 Å². The zero-order valence-electron chi connectivity index (χ0n) is 12.6. The molecule has 0 saturated carbocycles. The van der Waals surface area contributed by atoms with Crippen LogP contribution >= 0.6 is 15.9 Å². The minimum Gasteiger partial charge on any atom is -0.478 e. The molecule has 0 radical (unpaired) electrons. The van der Waals surface area contributed by atoms with Crippen molar-refractivity contribution in [2.45, 2.75) is 25.8 Å². The van der Waals surface area contributed by atoms with E-state index in [9.17, 15) is 9.59 Å². The number of hydrogen-bond donors (Lipinski definition) is 1. The van der Waals surface area contributed by atoms with Crippen molar-refractivity contribution < 1.29 is 19.1 Å². The fourth-order valence-electron chi connectivity index (χ4n) is 2.93. The smallest absolute Gasteiger partial charge is 0.338 e. The number of halogens is 1. The van der Waals surface area contributed by atoms with Crippen LogP contribution in [0.25, 0.3) is 0 Å². The fourth-order valence-corrected chi connectivity index (χ4v) is 3.18. The molecule has 0 spiro atoms. The number of aromatic carboxylic acids is 1. The Morgan fingerprint density at radius 1 is 1.35 bits per heavy atom. The lowest BCUT2D eigenvalue weighted by Crippen LogP contribution is -2.30. The lowest BCUT2D eigenvalue weighted by molar-refractivity contribution is 0.0690. The highest BCUT2D eigenvalue weighted by atomic mass is 79.9. The van der Waals surface area contributed by atoms with Crippen LogP contribution in [0.1, 0.15) is 50.9 Å². The van der Waals surface area contributed by atoms with Gasteiger partial charge in [-0.2, -0.15) is 0 Å². The summed E-state index contributed by atoms with van der Waals surface area (Å²) in [4.78, 5) is 25.3. The maximum absolute atomic E-state index is 12.6. The first kappa shape index (κ1) is 15.8. The third kappa shape index (κ3) is 3.03. The standard InChI is InChI=1S/C17H16BrNO4/c1-10-7-11(4-5-13(10)18)14-3-2-6-19(14)16(20)15-8-12(9-23-15)17(21)22/h4-5,7-9,14H,2-3,6H2,1H3,(H,21,22). The zero-order valence-corrected chi connectivity index (χ0v) is 14.2. The first-order valence-corrected chi connectivity index (χ1v) is 8.15. The van der Waals surface area contributed by atoms with Crippen LogP contribution in [-0.2, 0) is 0 Å². The predicted molar refractivity (Wildman–Crippen MR) is 87.6 cm³/mol. The van der Waals surface area contributed by atoms with Crippen molar-refractivity contribution in [3.05, 3.63) is 57.5 Å². The van der Waals surface area contributed by atoms with Gasteiger partial charge in [-0.15, -0.1) is 0 Å². The summed E-state index contributed by atoms with van der Waals surface area (Å²) in [6.07, 6.45) is 2.90. The van der Waals surface area contributed by atoms with Gasteiger partial charge in [0.25, 0.3) is 5.91 Å². The number of nitrogens with zero attached hydrogens (tertiary/aromatic N) is 1. The van der Waals surface area contributed by atoms with Gasteiger partial charge in [-0.1, -0.05) is 28.1 Å². The van der Waals surface area contributed by atoms with E-state index in [1.54, 1.807) is 4.90 Å². The summed E-state index contributed by atoms with van der Waals surface area (Å²) in [6.45, 7) is 2.65. The molecule has 1 N–H and O–H groups in total. The molecule has 23 heavy (non-hydrogen) atoms. The number of carbonyl (C=O) groups is 2. The Morgan fingerprint density at radius 3 is 2.78 bits per heavy atom. The number of carboxylic acids is 1. The third-order valence-corrected chi connectivity index (χ3v) is 5.03. The van der Waals surface area contributed by atoms with E-state index in [-0.39, 0.29) is 23.3 Å². The number of carbonyl (C=O) groups excluding carboxylic acids is 1. The summed E-state index contributed by atoms with van der Waals surface area (Å²) in [5.74, 6) is -1.29. The average molecular weight is 378 g/mol. The van der Waals surface area contributed by atoms with Crippen LogP contribution in [0.3, 0.4) is 0 Å².